The minimum atomic E-state index is -0.602. The van der Waals surface area contributed by atoms with Crippen molar-refractivity contribution in [3.8, 4) is 5.75 Å². The Kier molecular flexibility index (Phi) is 5.45. The van der Waals surface area contributed by atoms with Crippen LogP contribution in [0.1, 0.15) is 16.7 Å². The summed E-state index contributed by atoms with van der Waals surface area (Å²) in [5.41, 5.74) is 4.15. The van der Waals surface area contributed by atoms with Crippen LogP contribution in [0.3, 0.4) is 0 Å². The van der Waals surface area contributed by atoms with Crippen molar-refractivity contribution >= 4 is 23.1 Å². The number of pyridine rings is 2. The summed E-state index contributed by atoms with van der Waals surface area (Å²) in [7, 11) is 0. The van der Waals surface area contributed by atoms with Gasteiger partial charge in [0.15, 0.2) is 0 Å². The van der Waals surface area contributed by atoms with Crippen LogP contribution in [0.4, 0.5) is 0 Å². The highest BCUT2D eigenvalue weighted by Gasteiger charge is 2.11. The molecule has 4 aromatic rings. The molecule has 1 atom stereocenters. The summed E-state index contributed by atoms with van der Waals surface area (Å²) >= 11 is 0. The fraction of sp³-hybridized carbons (Fsp3) is 0.130. The van der Waals surface area contributed by atoms with Crippen molar-refractivity contribution < 1.29 is 9.84 Å². The molecule has 3 heterocycles. The average Bonchev–Trinajstić information content (AvgIpc) is 3.15. The van der Waals surface area contributed by atoms with Crippen molar-refractivity contribution in [2.75, 3.05) is 6.61 Å². The van der Waals surface area contributed by atoms with Gasteiger partial charge >= 0.3 is 0 Å². The zero-order valence-corrected chi connectivity index (χ0v) is 15.3. The number of H-pyrrole nitrogens is 1. The monoisotopic (exact) mass is 371 g/mol. The van der Waals surface area contributed by atoms with Crippen LogP contribution in [0.25, 0.3) is 23.1 Å². The number of aromatic amines is 1. The molecule has 0 fully saturated rings. The van der Waals surface area contributed by atoms with Gasteiger partial charge in [-0.15, -0.1) is 0 Å². The molecule has 0 amide bonds. The average molecular weight is 371 g/mol. The first-order valence-corrected chi connectivity index (χ1v) is 9.17. The van der Waals surface area contributed by atoms with E-state index in [1.807, 2.05) is 54.7 Å². The summed E-state index contributed by atoms with van der Waals surface area (Å²) in [5, 5.41) is 11.5. The first-order chi connectivity index (χ1) is 13.8. The van der Waals surface area contributed by atoms with Gasteiger partial charge in [0.2, 0.25) is 0 Å². The van der Waals surface area contributed by atoms with Crippen LogP contribution in [0.5, 0.6) is 5.75 Å². The van der Waals surface area contributed by atoms with Crippen molar-refractivity contribution in [2.24, 2.45) is 0 Å². The van der Waals surface area contributed by atoms with Crippen molar-refractivity contribution in [3.05, 3.63) is 90.1 Å². The molecule has 1 unspecified atom stereocenters. The maximum Gasteiger partial charge on any atom is 0.138 e. The van der Waals surface area contributed by atoms with Gasteiger partial charge in [0, 0.05) is 42.1 Å². The molecule has 140 valence electrons. The minimum absolute atomic E-state index is 0.207. The number of hydrogen-bond donors (Lipinski definition) is 2. The first-order valence-electron chi connectivity index (χ1n) is 9.17. The van der Waals surface area contributed by atoms with Crippen LogP contribution in [0.15, 0.2) is 73.4 Å². The number of aliphatic hydroxyl groups is 1. The van der Waals surface area contributed by atoms with Gasteiger partial charge in [-0.2, -0.15) is 0 Å². The van der Waals surface area contributed by atoms with E-state index in [9.17, 15) is 5.11 Å². The fourth-order valence-corrected chi connectivity index (χ4v) is 3.08. The number of nitrogens with zero attached hydrogens (tertiary/aromatic N) is 2. The highest BCUT2D eigenvalue weighted by atomic mass is 16.5. The number of rotatable bonds is 7. The quantitative estimate of drug-likeness (QED) is 0.513. The Balaban J connectivity index is 1.36. The maximum atomic E-state index is 10.4. The largest absolute Gasteiger partial charge is 0.489 e. The van der Waals surface area contributed by atoms with Gasteiger partial charge in [0.05, 0.1) is 12.3 Å². The molecule has 2 N–H and O–H groups in total. The molecule has 28 heavy (non-hydrogen) atoms. The lowest BCUT2D eigenvalue weighted by Gasteiger charge is -2.12. The molecule has 0 aliphatic carbocycles. The topological polar surface area (TPSA) is 71.0 Å². The van der Waals surface area contributed by atoms with E-state index < -0.39 is 6.10 Å². The van der Waals surface area contributed by atoms with Crippen molar-refractivity contribution in [1.29, 1.82) is 0 Å². The molecule has 1 aromatic carbocycles. The third kappa shape index (κ3) is 4.45. The zero-order chi connectivity index (χ0) is 19.2. The summed E-state index contributed by atoms with van der Waals surface area (Å²) in [5.74, 6) is 0.634. The minimum Gasteiger partial charge on any atom is -0.489 e. The lowest BCUT2D eigenvalue weighted by atomic mass is 10.1. The van der Waals surface area contributed by atoms with Crippen LogP contribution < -0.4 is 4.74 Å². The lowest BCUT2D eigenvalue weighted by Crippen LogP contribution is -2.20. The Hall–Kier alpha value is -3.44. The van der Waals surface area contributed by atoms with Gasteiger partial charge in [0.25, 0.3) is 0 Å². The lowest BCUT2D eigenvalue weighted by molar-refractivity contribution is 0.108. The molecule has 0 saturated heterocycles. The summed E-state index contributed by atoms with van der Waals surface area (Å²) in [4.78, 5) is 11.5. The van der Waals surface area contributed by atoms with E-state index in [4.69, 9.17) is 4.74 Å². The predicted octanol–water partition coefficient (Wildman–Crippen LogP) is 4.11. The number of benzene rings is 1. The standard InChI is InChI=1S/C23H21N3O2/c27-20(12-19-14-26-23-4-2-1-3-22(19)23)16-28-21-11-18(13-25-15-21)6-5-17-7-9-24-10-8-17/h1-11,13-15,20,26-27H,12,16H2/b6-5+. The van der Waals surface area contributed by atoms with Crippen LogP contribution in [-0.2, 0) is 6.42 Å². The molecule has 4 rings (SSSR count). The molecule has 0 radical (unpaired) electrons. The first kappa shape index (κ1) is 17.9. The van der Waals surface area contributed by atoms with Crippen molar-refractivity contribution in [2.45, 2.75) is 12.5 Å². The predicted molar refractivity (Wildman–Crippen MR) is 111 cm³/mol. The number of aromatic nitrogens is 3. The Morgan fingerprint density at radius 1 is 1.00 bits per heavy atom. The third-order valence-corrected chi connectivity index (χ3v) is 4.48. The molecule has 0 aliphatic heterocycles. The van der Waals surface area contributed by atoms with E-state index in [0.29, 0.717) is 12.2 Å². The maximum absolute atomic E-state index is 10.4. The number of aliphatic hydroxyl groups excluding tert-OH is 1. The van der Waals surface area contributed by atoms with Gasteiger partial charge in [-0.25, -0.2) is 0 Å². The summed E-state index contributed by atoms with van der Waals surface area (Å²) in [6.45, 7) is 0.207. The zero-order valence-electron chi connectivity index (χ0n) is 15.3. The van der Waals surface area contributed by atoms with Crippen LogP contribution in [0.2, 0.25) is 0 Å². The van der Waals surface area contributed by atoms with Gasteiger partial charge < -0.3 is 14.8 Å². The summed E-state index contributed by atoms with van der Waals surface area (Å²) in [6, 6.07) is 13.8. The van der Waals surface area contributed by atoms with Crippen LogP contribution >= 0.6 is 0 Å². The highest BCUT2D eigenvalue weighted by molar-refractivity contribution is 5.83. The summed E-state index contributed by atoms with van der Waals surface area (Å²) in [6.07, 6.45) is 12.8. The van der Waals surface area contributed by atoms with E-state index in [1.54, 1.807) is 24.8 Å². The molecule has 0 spiro atoms. The van der Waals surface area contributed by atoms with E-state index >= 15 is 0 Å². The number of ether oxygens (including phenoxy) is 1. The number of para-hydroxylation sites is 1. The summed E-state index contributed by atoms with van der Waals surface area (Å²) < 4.78 is 5.75. The Bertz CT molecular complexity index is 1070. The number of fused-ring (bicyclic) bond motifs is 1. The second kappa shape index (κ2) is 8.50. The molecule has 0 saturated carbocycles. The molecular weight excluding hydrogens is 350 g/mol. The number of nitrogens with one attached hydrogen (secondary N) is 1. The second-order valence-corrected chi connectivity index (χ2v) is 6.60. The number of hydrogen-bond acceptors (Lipinski definition) is 4. The van der Waals surface area contributed by atoms with Crippen molar-refractivity contribution in [1.82, 2.24) is 15.0 Å². The molecule has 0 aliphatic rings. The molecule has 5 nitrogen and oxygen atoms in total. The van der Waals surface area contributed by atoms with Crippen LogP contribution in [0, 0.1) is 0 Å². The van der Waals surface area contributed by atoms with E-state index in [2.05, 4.69) is 21.0 Å². The van der Waals surface area contributed by atoms with Crippen LogP contribution in [-0.4, -0.2) is 32.8 Å². The Morgan fingerprint density at radius 3 is 2.71 bits per heavy atom. The van der Waals surface area contributed by atoms with Gasteiger partial charge in [-0.05, 0) is 41.0 Å². The SMILES string of the molecule is OC(COc1cncc(/C=C/c2ccncc2)c1)Cc1c[nH]c2ccccc12. The molecule has 5 heteroatoms. The van der Waals surface area contributed by atoms with E-state index in [-0.39, 0.29) is 6.61 Å². The molecular formula is C23H21N3O2. The third-order valence-electron chi connectivity index (χ3n) is 4.48. The fourth-order valence-electron chi connectivity index (χ4n) is 3.08. The molecule has 0 bridgehead atoms. The Morgan fingerprint density at radius 2 is 1.82 bits per heavy atom. The van der Waals surface area contributed by atoms with Gasteiger partial charge in [-0.1, -0.05) is 30.4 Å². The van der Waals surface area contributed by atoms with E-state index in [1.165, 1.54) is 0 Å². The molecule has 3 aromatic heterocycles. The highest BCUT2D eigenvalue weighted by Crippen LogP contribution is 2.20. The smallest absolute Gasteiger partial charge is 0.138 e. The van der Waals surface area contributed by atoms with Gasteiger partial charge in [0.1, 0.15) is 12.4 Å². The van der Waals surface area contributed by atoms with Gasteiger partial charge in [-0.3, -0.25) is 9.97 Å². The normalized spacial score (nSPS) is 12.5. The van der Waals surface area contributed by atoms with Crippen molar-refractivity contribution in [3.63, 3.8) is 0 Å². The Labute approximate surface area is 163 Å². The van der Waals surface area contributed by atoms with E-state index in [0.717, 1.165) is 27.6 Å². The second-order valence-electron chi connectivity index (χ2n) is 6.60.